The van der Waals surface area contributed by atoms with Gasteiger partial charge in [-0.15, -0.1) is 0 Å². The molecule has 0 bridgehead atoms. The van der Waals surface area contributed by atoms with Crippen LogP contribution in [0.15, 0.2) is 77.3 Å². The standard InChI is InChI=1S/C22H15BrFNO/c23-19-10-11-22(26-15-16-6-2-1-3-7-16)17(13-19)12-18(14-25)20-8-4-5-9-21(20)24/h1-13H,15H2. The van der Waals surface area contributed by atoms with Gasteiger partial charge in [-0.2, -0.15) is 5.26 Å². The van der Waals surface area contributed by atoms with Gasteiger partial charge in [0.2, 0.25) is 0 Å². The van der Waals surface area contributed by atoms with Gasteiger partial charge in [0.25, 0.3) is 0 Å². The Hall–Kier alpha value is -2.90. The number of ether oxygens (including phenoxy) is 1. The second kappa shape index (κ2) is 8.46. The Kier molecular flexibility index (Phi) is 5.83. The molecule has 0 heterocycles. The first-order chi connectivity index (χ1) is 12.7. The Labute approximate surface area is 160 Å². The van der Waals surface area contributed by atoms with Crippen LogP contribution in [-0.2, 0) is 6.61 Å². The maximum absolute atomic E-state index is 14.0. The summed E-state index contributed by atoms with van der Waals surface area (Å²) in [7, 11) is 0. The molecule has 0 aliphatic rings. The van der Waals surface area contributed by atoms with E-state index in [0.717, 1.165) is 10.0 Å². The molecule has 0 aliphatic carbocycles. The predicted molar refractivity (Wildman–Crippen MR) is 105 cm³/mol. The van der Waals surface area contributed by atoms with E-state index in [1.54, 1.807) is 24.3 Å². The van der Waals surface area contributed by atoms with Crippen LogP contribution < -0.4 is 4.74 Å². The van der Waals surface area contributed by atoms with Crippen molar-refractivity contribution >= 4 is 27.6 Å². The summed E-state index contributed by atoms with van der Waals surface area (Å²) in [5.41, 5.74) is 2.25. The van der Waals surface area contributed by atoms with E-state index in [4.69, 9.17) is 4.74 Å². The van der Waals surface area contributed by atoms with Crippen molar-refractivity contribution in [3.05, 3.63) is 99.8 Å². The summed E-state index contributed by atoms with van der Waals surface area (Å²) < 4.78 is 20.8. The van der Waals surface area contributed by atoms with Crippen molar-refractivity contribution < 1.29 is 9.13 Å². The third-order valence-corrected chi connectivity index (χ3v) is 4.29. The molecular weight excluding hydrogens is 393 g/mol. The van der Waals surface area contributed by atoms with E-state index < -0.39 is 5.82 Å². The van der Waals surface area contributed by atoms with Gasteiger partial charge < -0.3 is 4.74 Å². The molecular formula is C22H15BrFNO. The molecule has 0 amide bonds. The lowest BCUT2D eigenvalue weighted by Crippen LogP contribution is -1.97. The summed E-state index contributed by atoms with van der Waals surface area (Å²) in [6.45, 7) is 0.408. The van der Waals surface area contributed by atoms with Crippen LogP contribution in [0, 0.1) is 17.1 Å². The van der Waals surface area contributed by atoms with Gasteiger partial charge in [0.15, 0.2) is 0 Å². The number of allylic oxidation sites excluding steroid dienone is 1. The lowest BCUT2D eigenvalue weighted by Gasteiger charge is -2.11. The fourth-order valence-electron chi connectivity index (χ4n) is 2.50. The zero-order chi connectivity index (χ0) is 18.4. The monoisotopic (exact) mass is 407 g/mol. The molecule has 128 valence electrons. The number of halogens is 2. The fourth-order valence-corrected chi connectivity index (χ4v) is 2.88. The quantitative estimate of drug-likeness (QED) is 0.370. The summed E-state index contributed by atoms with van der Waals surface area (Å²) in [6.07, 6.45) is 1.64. The molecule has 0 atom stereocenters. The first-order valence-electron chi connectivity index (χ1n) is 8.00. The zero-order valence-corrected chi connectivity index (χ0v) is 15.4. The van der Waals surface area contributed by atoms with Crippen LogP contribution in [0.4, 0.5) is 4.39 Å². The smallest absolute Gasteiger partial charge is 0.131 e. The van der Waals surface area contributed by atoms with Crippen molar-refractivity contribution in [3.63, 3.8) is 0 Å². The summed E-state index contributed by atoms with van der Waals surface area (Å²) in [4.78, 5) is 0. The van der Waals surface area contributed by atoms with Crippen LogP contribution in [-0.4, -0.2) is 0 Å². The Morgan fingerprint density at radius 1 is 1.04 bits per heavy atom. The minimum absolute atomic E-state index is 0.241. The van der Waals surface area contributed by atoms with E-state index in [-0.39, 0.29) is 11.1 Å². The average Bonchev–Trinajstić information content (AvgIpc) is 2.67. The Bertz CT molecular complexity index is 977. The molecule has 3 aromatic rings. The first kappa shape index (κ1) is 17.9. The van der Waals surface area contributed by atoms with Crippen LogP contribution in [0.1, 0.15) is 16.7 Å². The topological polar surface area (TPSA) is 33.0 Å². The molecule has 0 aliphatic heterocycles. The Balaban J connectivity index is 1.95. The van der Waals surface area contributed by atoms with Crippen LogP contribution in [0.25, 0.3) is 11.6 Å². The molecule has 0 saturated heterocycles. The van der Waals surface area contributed by atoms with Crippen LogP contribution in [0.2, 0.25) is 0 Å². The maximum atomic E-state index is 14.0. The van der Waals surface area contributed by atoms with E-state index in [1.165, 1.54) is 6.07 Å². The largest absolute Gasteiger partial charge is 0.488 e. The molecule has 26 heavy (non-hydrogen) atoms. The fraction of sp³-hybridized carbons (Fsp3) is 0.0455. The van der Waals surface area contributed by atoms with E-state index in [0.29, 0.717) is 17.9 Å². The van der Waals surface area contributed by atoms with Gasteiger partial charge in [-0.05, 0) is 35.9 Å². The first-order valence-corrected chi connectivity index (χ1v) is 8.79. The Morgan fingerprint density at radius 2 is 1.77 bits per heavy atom. The lowest BCUT2D eigenvalue weighted by molar-refractivity contribution is 0.305. The van der Waals surface area contributed by atoms with E-state index >= 15 is 0 Å². The number of nitriles is 1. The molecule has 3 aromatic carbocycles. The molecule has 0 N–H and O–H groups in total. The molecule has 0 fully saturated rings. The predicted octanol–water partition coefficient (Wildman–Crippen LogP) is 6.23. The summed E-state index contributed by atoms with van der Waals surface area (Å²) in [6, 6.07) is 23.7. The van der Waals surface area contributed by atoms with Crippen molar-refractivity contribution in [3.8, 4) is 11.8 Å². The van der Waals surface area contributed by atoms with Gasteiger partial charge in [0.1, 0.15) is 18.2 Å². The van der Waals surface area contributed by atoms with Crippen molar-refractivity contribution in [2.75, 3.05) is 0 Å². The highest BCUT2D eigenvalue weighted by atomic mass is 79.9. The molecule has 0 unspecified atom stereocenters. The highest BCUT2D eigenvalue weighted by Crippen LogP contribution is 2.29. The van der Waals surface area contributed by atoms with Gasteiger partial charge in [0.05, 0.1) is 11.6 Å². The molecule has 0 radical (unpaired) electrons. The normalized spacial score (nSPS) is 11.0. The van der Waals surface area contributed by atoms with Gasteiger partial charge in [0, 0.05) is 15.6 Å². The average molecular weight is 408 g/mol. The van der Waals surface area contributed by atoms with Crippen molar-refractivity contribution in [1.82, 2.24) is 0 Å². The third kappa shape index (κ3) is 4.38. The molecule has 2 nitrogen and oxygen atoms in total. The van der Waals surface area contributed by atoms with E-state index in [9.17, 15) is 9.65 Å². The molecule has 3 rings (SSSR count). The van der Waals surface area contributed by atoms with E-state index in [1.807, 2.05) is 48.5 Å². The van der Waals surface area contributed by atoms with Gasteiger partial charge in [-0.1, -0.05) is 64.5 Å². The SMILES string of the molecule is N#CC(=Cc1cc(Br)ccc1OCc1ccccc1)c1ccccc1F. The molecule has 0 spiro atoms. The second-order valence-corrected chi connectivity index (χ2v) is 6.52. The van der Waals surface area contributed by atoms with Crippen molar-refractivity contribution in [2.24, 2.45) is 0 Å². The summed E-state index contributed by atoms with van der Waals surface area (Å²) in [5, 5.41) is 9.50. The summed E-state index contributed by atoms with van der Waals surface area (Å²) >= 11 is 3.43. The molecule has 4 heteroatoms. The highest BCUT2D eigenvalue weighted by molar-refractivity contribution is 9.10. The van der Waals surface area contributed by atoms with Crippen molar-refractivity contribution in [1.29, 1.82) is 5.26 Å². The summed E-state index contributed by atoms with van der Waals surface area (Å²) in [5.74, 6) is 0.197. The third-order valence-electron chi connectivity index (χ3n) is 3.79. The second-order valence-electron chi connectivity index (χ2n) is 5.61. The van der Waals surface area contributed by atoms with Crippen LogP contribution in [0.3, 0.4) is 0 Å². The van der Waals surface area contributed by atoms with E-state index in [2.05, 4.69) is 22.0 Å². The number of hydrogen-bond acceptors (Lipinski definition) is 2. The zero-order valence-electron chi connectivity index (χ0n) is 13.8. The van der Waals surface area contributed by atoms with Crippen LogP contribution in [0.5, 0.6) is 5.75 Å². The van der Waals surface area contributed by atoms with Gasteiger partial charge in [-0.25, -0.2) is 4.39 Å². The maximum Gasteiger partial charge on any atom is 0.131 e. The van der Waals surface area contributed by atoms with Gasteiger partial charge in [-0.3, -0.25) is 0 Å². The molecule has 0 saturated carbocycles. The minimum atomic E-state index is -0.429. The minimum Gasteiger partial charge on any atom is -0.488 e. The van der Waals surface area contributed by atoms with Gasteiger partial charge >= 0.3 is 0 Å². The number of rotatable bonds is 5. The molecule has 0 aromatic heterocycles. The highest BCUT2D eigenvalue weighted by Gasteiger charge is 2.10. The number of hydrogen-bond donors (Lipinski definition) is 0. The van der Waals surface area contributed by atoms with Crippen LogP contribution >= 0.6 is 15.9 Å². The van der Waals surface area contributed by atoms with Crippen molar-refractivity contribution in [2.45, 2.75) is 6.61 Å². The Morgan fingerprint density at radius 3 is 2.50 bits per heavy atom. The number of nitrogens with zero attached hydrogens (tertiary/aromatic N) is 1. The lowest BCUT2D eigenvalue weighted by atomic mass is 10.0. The number of benzene rings is 3.